The van der Waals surface area contributed by atoms with Gasteiger partial charge in [0.1, 0.15) is 0 Å². The second-order valence-corrected chi connectivity index (χ2v) is 5.09. The third kappa shape index (κ3) is 1.44. The Bertz CT molecular complexity index is 809. The fourth-order valence-corrected chi connectivity index (χ4v) is 2.46. The van der Waals surface area contributed by atoms with E-state index in [9.17, 15) is 0 Å². The van der Waals surface area contributed by atoms with E-state index in [4.69, 9.17) is 45.9 Å². The molecule has 3 rings (SSSR count). The molecule has 0 fully saturated rings. The summed E-state index contributed by atoms with van der Waals surface area (Å²) in [5.74, 6) is 0. The second-order valence-electron chi connectivity index (χ2n) is 5.09. The molecule has 0 unspecified atom stereocenters. The summed E-state index contributed by atoms with van der Waals surface area (Å²) < 4.78 is 0. The van der Waals surface area contributed by atoms with Gasteiger partial charge < -0.3 is 45.9 Å². The molecule has 1 aromatic heterocycles. The molecule has 9 heteroatoms. The van der Waals surface area contributed by atoms with Gasteiger partial charge in [-0.3, -0.25) is 0 Å². The first-order chi connectivity index (χ1) is 10.3. The van der Waals surface area contributed by atoms with E-state index >= 15 is 0 Å². The van der Waals surface area contributed by atoms with Gasteiger partial charge >= 0.3 is 0 Å². The Labute approximate surface area is 125 Å². The van der Waals surface area contributed by atoms with E-state index in [1.54, 1.807) is 6.07 Å². The number of nitrogen functional groups attached to an aromatic ring is 8. The van der Waals surface area contributed by atoms with E-state index < -0.39 is 0 Å². The number of hydrogen-bond acceptors (Lipinski definition) is 9. The van der Waals surface area contributed by atoms with Crippen LogP contribution in [0, 0.1) is 0 Å². The number of anilines is 8. The normalized spacial score (nSPS) is 11.3. The highest BCUT2D eigenvalue weighted by Crippen LogP contribution is 2.43. The van der Waals surface area contributed by atoms with Crippen LogP contribution in [0.25, 0.3) is 21.8 Å². The zero-order valence-corrected chi connectivity index (χ0v) is 11.6. The minimum absolute atomic E-state index is 0.173. The molecule has 3 aromatic rings. The van der Waals surface area contributed by atoms with Crippen LogP contribution >= 0.6 is 0 Å². The van der Waals surface area contributed by atoms with Crippen molar-refractivity contribution >= 4 is 67.3 Å². The molecule has 0 spiro atoms. The number of hydrogen-bond donors (Lipinski definition) is 8. The van der Waals surface area contributed by atoms with Gasteiger partial charge in [0.25, 0.3) is 0 Å². The minimum atomic E-state index is 0.173. The molecule has 0 aliphatic rings. The quantitative estimate of drug-likeness (QED) is 0.207. The number of fused-ring (bicyclic) bond motifs is 2. The van der Waals surface area contributed by atoms with Gasteiger partial charge in [0.15, 0.2) is 0 Å². The van der Waals surface area contributed by atoms with Gasteiger partial charge in [-0.05, 0) is 6.07 Å². The molecule has 0 atom stereocenters. The van der Waals surface area contributed by atoms with Crippen LogP contribution in [0.2, 0.25) is 0 Å². The lowest BCUT2D eigenvalue weighted by molar-refractivity contribution is 1.49. The summed E-state index contributed by atoms with van der Waals surface area (Å²) >= 11 is 0. The summed E-state index contributed by atoms with van der Waals surface area (Å²) in [6.07, 6.45) is 0. The Kier molecular flexibility index (Phi) is 2.46. The smallest absolute Gasteiger partial charge is 0.0983 e. The summed E-state index contributed by atoms with van der Waals surface area (Å²) in [5, 5.41) is 1.04. The lowest BCUT2D eigenvalue weighted by atomic mass is 10.0. The summed E-state index contributed by atoms with van der Waals surface area (Å²) in [4.78, 5) is 4.42. The van der Waals surface area contributed by atoms with Crippen LogP contribution < -0.4 is 45.9 Å². The van der Waals surface area contributed by atoms with Crippen molar-refractivity contribution in [2.45, 2.75) is 0 Å². The summed E-state index contributed by atoms with van der Waals surface area (Å²) in [6.45, 7) is 0. The molecule has 0 aliphatic heterocycles. The third-order valence-corrected chi connectivity index (χ3v) is 3.85. The van der Waals surface area contributed by atoms with Gasteiger partial charge in [-0.1, -0.05) is 0 Å². The zero-order valence-electron chi connectivity index (χ0n) is 11.6. The van der Waals surface area contributed by atoms with Crippen molar-refractivity contribution in [2.75, 3.05) is 45.9 Å². The largest absolute Gasteiger partial charge is 0.396 e. The summed E-state index contributed by atoms with van der Waals surface area (Å²) in [6, 6.07) is 1.68. The lowest BCUT2D eigenvalue weighted by Crippen LogP contribution is -2.08. The van der Waals surface area contributed by atoms with Gasteiger partial charge in [-0.25, -0.2) is 4.98 Å². The molecule has 0 aliphatic carbocycles. The molecule has 114 valence electrons. The topological polar surface area (TPSA) is 221 Å². The van der Waals surface area contributed by atoms with E-state index in [-0.39, 0.29) is 45.5 Å². The first-order valence-corrected chi connectivity index (χ1v) is 6.33. The van der Waals surface area contributed by atoms with E-state index in [0.717, 1.165) is 0 Å². The Balaban J connectivity index is 2.64. The van der Waals surface area contributed by atoms with Gasteiger partial charge in [0.05, 0.1) is 56.5 Å². The van der Waals surface area contributed by atoms with E-state index in [2.05, 4.69) is 4.98 Å². The van der Waals surface area contributed by atoms with Crippen LogP contribution in [0.15, 0.2) is 6.07 Å². The van der Waals surface area contributed by atoms with Crippen LogP contribution in [0.4, 0.5) is 45.5 Å². The van der Waals surface area contributed by atoms with Crippen molar-refractivity contribution in [2.24, 2.45) is 0 Å². The maximum Gasteiger partial charge on any atom is 0.0983 e. The Hall–Kier alpha value is -3.49. The fraction of sp³-hybridized carbons (Fsp3) is 0. The van der Waals surface area contributed by atoms with Gasteiger partial charge in [0.2, 0.25) is 0 Å². The van der Waals surface area contributed by atoms with Crippen molar-refractivity contribution in [1.82, 2.24) is 4.98 Å². The van der Waals surface area contributed by atoms with Crippen LogP contribution in [0.1, 0.15) is 0 Å². The number of rotatable bonds is 0. The average Bonchev–Trinajstić information content (AvgIpc) is 2.52. The van der Waals surface area contributed by atoms with Crippen LogP contribution in [0.5, 0.6) is 0 Å². The Morgan fingerprint density at radius 1 is 0.455 bits per heavy atom. The molecule has 1 heterocycles. The predicted molar refractivity (Wildman–Crippen MR) is 94.5 cm³/mol. The standard InChI is InChI=1S/C13H17N9/c14-4-2-1-3-5(15)7(17)9(19)11(21)13(3)22-12(2)10(20)8(18)6(4)16/h1H,14-21H2. The molecule has 0 bridgehead atoms. The highest BCUT2D eigenvalue weighted by molar-refractivity contribution is 6.18. The zero-order chi connectivity index (χ0) is 16.3. The maximum atomic E-state index is 6.01. The number of nitrogens with zero attached hydrogens (tertiary/aromatic N) is 1. The lowest BCUT2D eigenvalue weighted by Gasteiger charge is -2.16. The van der Waals surface area contributed by atoms with E-state index in [0.29, 0.717) is 21.8 Å². The molecular weight excluding hydrogens is 282 g/mol. The van der Waals surface area contributed by atoms with Crippen molar-refractivity contribution in [1.29, 1.82) is 0 Å². The molecule has 22 heavy (non-hydrogen) atoms. The van der Waals surface area contributed by atoms with Gasteiger partial charge in [-0.15, -0.1) is 0 Å². The van der Waals surface area contributed by atoms with E-state index in [1.165, 1.54) is 0 Å². The van der Waals surface area contributed by atoms with Crippen LogP contribution in [-0.2, 0) is 0 Å². The summed E-state index contributed by atoms with van der Waals surface area (Å²) in [7, 11) is 0. The van der Waals surface area contributed by atoms with Gasteiger partial charge in [0, 0.05) is 10.8 Å². The average molecular weight is 299 g/mol. The molecule has 2 aromatic carbocycles. The number of pyridine rings is 1. The fourth-order valence-electron chi connectivity index (χ4n) is 2.46. The third-order valence-electron chi connectivity index (χ3n) is 3.85. The molecule has 0 radical (unpaired) electrons. The highest BCUT2D eigenvalue weighted by Gasteiger charge is 2.18. The SMILES string of the molecule is Nc1c(N)c(N)c2nc3c(N)c(N)c(N)c(N)c3cc2c1N. The highest BCUT2D eigenvalue weighted by atomic mass is 14.9. The second kappa shape index (κ2) is 4.01. The minimum Gasteiger partial charge on any atom is -0.396 e. The molecule has 9 nitrogen and oxygen atoms in total. The number of aromatic nitrogens is 1. The Morgan fingerprint density at radius 3 is 1.14 bits per heavy atom. The molecule has 16 N–H and O–H groups in total. The van der Waals surface area contributed by atoms with Gasteiger partial charge in [-0.2, -0.15) is 0 Å². The number of nitrogens with two attached hydrogens (primary N) is 8. The van der Waals surface area contributed by atoms with Crippen LogP contribution in [0.3, 0.4) is 0 Å². The van der Waals surface area contributed by atoms with Crippen molar-refractivity contribution in [3.63, 3.8) is 0 Å². The van der Waals surface area contributed by atoms with Crippen molar-refractivity contribution in [3.05, 3.63) is 6.07 Å². The molecular formula is C13H17N9. The summed E-state index contributed by atoms with van der Waals surface area (Å²) in [5.41, 5.74) is 49.9. The molecule has 0 saturated carbocycles. The number of benzene rings is 2. The first kappa shape index (κ1) is 13.5. The Morgan fingerprint density at radius 2 is 0.773 bits per heavy atom. The molecule has 0 saturated heterocycles. The monoisotopic (exact) mass is 299 g/mol. The maximum absolute atomic E-state index is 6.01. The van der Waals surface area contributed by atoms with E-state index in [1.807, 2.05) is 0 Å². The van der Waals surface area contributed by atoms with Crippen molar-refractivity contribution in [3.8, 4) is 0 Å². The molecule has 0 amide bonds. The first-order valence-electron chi connectivity index (χ1n) is 6.33. The van der Waals surface area contributed by atoms with Crippen LogP contribution in [-0.4, -0.2) is 4.98 Å². The van der Waals surface area contributed by atoms with Crippen molar-refractivity contribution < 1.29 is 0 Å². The predicted octanol–water partition coefficient (Wildman–Crippen LogP) is 0.0456.